The Morgan fingerprint density at radius 3 is 2.32 bits per heavy atom. The molecule has 2 N–H and O–H groups in total. The van der Waals surface area contributed by atoms with Gasteiger partial charge < -0.3 is 15.2 Å². The molecule has 0 unspecified atom stereocenters. The van der Waals surface area contributed by atoms with Crippen molar-refractivity contribution >= 4 is 11.9 Å². The number of halogens is 1. The van der Waals surface area contributed by atoms with E-state index in [4.69, 9.17) is 9.84 Å². The summed E-state index contributed by atoms with van der Waals surface area (Å²) >= 11 is 0. The zero-order chi connectivity index (χ0) is 18.1. The van der Waals surface area contributed by atoms with Gasteiger partial charge in [-0.15, -0.1) is 0 Å². The van der Waals surface area contributed by atoms with E-state index in [1.807, 2.05) is 0 Å². The van der Waals surface area contributed by atoms with Gasteiger partial charge in [0.25, 0.3) is 0 Å². The maximum absolute atomic E-state index is 12.7. The number of unbranched alkanes of at least 4 members (excludes halogenated alkanes) is 1. The van der Waals surface area contributed by atoms with Crippen LogP contribution in [0.5, 0.6) is 5.75 Å². The van der Waals surface area contributed by atoms with Gasteiger partial charge in [0, 0.05) is 6.54 Å². The molecule has 5 nitrogen and oxygen atoms in total. The fourth-order valence-electron chi connectivity index (χ4n) is 2.19. The average Bonchev–Trinajstić information content (AvgIpc) is 2.60. The minimum absolute atomic E-state index is 0.109. The van der Waals surface area contributed by atoms with Crippen molar-refractivity contribution in [3.05, 3.63) is 65.5 Å². The Morgan fingerprint density at radius 1 is 1.00 bits per heavy atom. The van der Waals surface area contributed by atoms with Crippen LogP contribution in [0.1, 0.15) is 28.8 Å². The Bertz CT molecular complexity index is 698. The molecular weight excluding hydrogens is 325 g/mol. The largest absolute Gasteiger partial charge is 0.494 e. The van der Waals surface area contributed by atoms with Gasteiger partial charge in [-0.1, -0.05) is 12.1 Å². The van der Waals surface area contributed by atoms with Crippen molar-refractivity contribution < 1.29 is 23.8 Å². The molecule has 0 spiro atoms. The van der Waals surface area contributed by atoms with Gasteiger partial charge in [0.2, 0.25) is 5.91 Å². The lowest BCUT2D eigenvalue weighted by Gasteiger charge is -2.07. The van der Waals surface area contributed by atoms with E-state index in [2.05, 4.69) is 5.32 Å². The van der Waals surface area contributed by atoms with Crippen molar-refractivity contribution in [2.24, 2.45) is 0 Å². The molecule has 2 aromatic rings. The summed E-state index contributed by atoms with van der Waals surface area (Å²) in [7, 11) is 0. The molecule has 0 atom stereocenters. The van der Waals surface area contributed by atoms with Crippen LogP contribution in [0.4, 0.5) is 4.39 Å². The molecule has 0 aromatic heterocycles. The van der Waals surface area contributed by atoms with Crippen LogP contribution in [0, 0.1) is 5.82 Å². The van der Waals surface area contributed by atoms with Crippen LogP contribution in [-0.2, 0) is 11.2 Å². The molecule has 0 aliphatic carbocycles. The van der Waals surface area contributed by atoms with Crippen molar-refractivity contribution in [3.63, 3.8) is 0 Å². The summed E-state index contributed by atoms with van der Waals surface area (Å²) in [5.74, 6) is -0.774. The van der Waals surface area contributed by atoms with E-state index < -0.39 is 5.97 Å². The monoisotopic (exact) mass is 345 g/mol. The van der Waals surface area contributed by atoms with Crippen LogP contribution in [0.3, 0.4) is 0 Å². The van der Waals surface area contributed by atoms with Crippen LogP contribution in [0.25, 0.3) is 0 Å². The number of nitrogens with one attached hydrogen (secondary N) is 1. The fourth-order valence-corrected chi connectivity index (χ4v) is 2.19. The zero-order valence-electron chi connectivity index (χ0n) is 13.7. The minimum Gasteiger partial charge on any atom is -0.494 e. The number of amides is 1. The first-order valence-electron chi connectivity index (χ1n) is 8.02. The molecular formula is C19H20FNO4. The van der Waals surface area contributed by atoms with E-state index in [1.54, 1.807) is 24.3 Å². The number of carbonyl (C=O) groups excluding carboxylic acids is 1. The second-order valence-electron chi connectivity index (χ2n) is 5.54. The highest BCUT2D eigenvalue weighted by molar-refractivity contribution is 5.87. The second kappa shape index (κ2) is 9.42. The maximum atomic E-state index is 12.7. The second-order valence-corrected chi connectivity index (χ2v) is 5.54. The fraction of sp³-hybridized carbons (Fsp3) is 0.263. The number of aromatic carboxylic acids is 1. The number of hydrogen-bond acceptors (Lipinski definition) is 3. The lowest BCUT2D eigenvalue weighted by Crippen LogP contribution is -2.26. The Kier molecular flexibility index (Phi) is 6.95. The molecule has 0 aliphatic heterocycles. The lowest BCUT2D eigenvalue weighted by molar-refractivity contribution is -0.120. The number of ether oxygens (including phenoxy) is 1. The van der Waals surface area contributed by atoms with Gasteiger partial charge >= 0.3 is 5.97 Å². The first-order chi connectivity index (χ1) is 12.0. The van der Waals surface area contributed by atoms with E-state index >= 15 is 0 Å². The van der Waals surface area contributed by atoms with E-state index in [0.29, 0.717) is 18.9 Å². The number of rotatable bonds is 9. The quantitative estimate of drug-likeness (QED) is 0.685. The third kappa shape index (κ3) is 6.63. The summed E-state index contributed by atoms with van der Waals surface area (Å²) in [6.07, 6.45) is 1.75. The smallest absolute Gasteiger partial charge is 0.335 e. The summed E-state index contributed by atoms with van der Waals surface area (Å²) in [5, 5.41) is 11.6. The van der Waals surface area contributed by atoms with E-state index in [1.165, 1.54) is 24.3 Å². The van der Waals surface area contributed by atoms with Gasteiger partial charge in [0.1, 0.15) is 11.6 Å². The van der Waals surface area contributed by atoms with Gasteiger partial charge in [-0.3, -0.25) is 4.79 Å². The summed E-state index contributed by atoms with van der Waals surface area (Å²) in [6.45, 7) is 1.04. The summed E-state index contributed by atoms with van der Waals surface area (Å²) in [6, 6.07) is 12.1. The van der Waals surface area contributed by atoms with Crippen molar-refractivity contribution in [2.45, 2.75) is 19.3 Å². The Hall–Kier alpha value is -2.89. The van der Waals surface area contributed by atoms with Crippen LogP contribution < -0.4 is 10.1 Å². The van der Waals surface area contributed by atoms with Crippen LogP contribution >= 0.6 is 0 Å². The Balaban J connectivity index is 1.59. The number of benzene rings is 2. The molecule has 2 aromatic carbocycles. The molecule has 2 rings (SSSR count). The lowest BCUT2D eigenvalue weighted by atomic mass is 10.1. The minimum atomic E-state index is -0.987. The highest BCUT2D eigenvalue weighted by Gasteiger charge is 2.05. The highest BCUT2D eigenvalue weighted by atomic mass is 19.1. The number of carboxylic acid groups (broad SMARTS) is 1. The van der Waals surface area contributed by atoms with Gasteiger partial charge in [0.05, 0.1) is 18.6 Å². The standard InChI is InChI=1S/C19H20FNO4/c20-16-7-9-17(10-8-16)25-12-2-1-11-21-18(22)13-14-3-5-15(6-4-14)19(23)24/h3-10H,1-2,11-13H2,(H,21,22)(H,23,24). The van der Waals surface area contributed by atoms with Crippen molar-refractivity contribution in [3.8, 4) is 5.75 Å². The third-order valence-electron chi connectivity index (χ3n) is 3.54. The first-order valence-corrected chi connectivity index (χ1v) is 8.02. The molecule has 0 fully saturated rings. The van der Waals surface area contributed by atoms with Gasteiger partial charge in [-0.25, -0.2) is 9.18 Å². The highest BCUT2D eigenvalue weighted by Crippen LogP contribution is 2.11. The Labute approximate surface area is 145 Å². The summed E-state index contributed by atoms with van der Waals surface area (Å²) in [5.41, 5.74) is 0.965. The SMILES string of the molecule is O=C(Cc1ccc(C(=O)O)cc1)NCCCCOc1ccc(F)cc1. The predicted octanol–water partition coefficient (Wildman–Crippen LogP) is 3.04. The molecule has 132 valence electrons. The van der Waals surface area contributed by atoms with Crippen molar-refractivity contribution in [2.75, 3.05) is 13.2 Å². The van der Waals surface area contributed by atoms with Gasteiger partial charge in [-0.05, 0) is 54.8 Å². The molecule has 6 heteroatoms. The van der Waals surface area contributed by atoms with E-state index in [9.17, 15) is 14.0 Å². The first kappa shape index (κ1) is 18.4. The predicted molar refractivity (Wildman–Crippen MR) is 91.2 cm³/mol. The molecule has 0 bridgehead atoms. The maximum Gasteiger partial charge on any atom is 0.335 e. The average molecular weight is 345 g/mol. The van der Waals surface area contributed by atoms with Crippen LogP contribution in [0.15, 0.2) is 48.5 Å². The molecule has 0 heterocycles. The Morgan fingerprint density at radius 2 is 1.68 bits per heavy atom. The molecule has 1 amide bonds. The molecule has 0 saturated carbocycles. The molecule has 25 heavy (non-hydrogen) atoms. The van der Waals surface area contributed by atoms with Crippen LogP contribution in [-0.4, -0.2) is 30.1 Å². The normalized spacial score (nSPS) is 10.3. The summed E-state index contributed by atoms with van der Waals surface area (Å²) < 4.78 is 18.2. The molecule has 0 radical (unpaired) electrons. The zero-order valence-corrected chi connectivity index (χ0v) is 13.7. The van der Waals surface area contributed by atoms with E-state index in [0.717, 1.165) is 18.4 Å². The number of carbonyl (C=O) groups is 2. The van der Waals surface area contributed by atoms with Crippen LogP contribution in [0.2, 0.25) is 0 Å². The number of carboxylic acids is 1. The van der Waals surface area contributed by atoms with Gasteiger partial charge in [0.15, 0.2) is 0 Å². The number of hydrogen-bond donors (Lipinski definition) is 2. The summed E-state index contributed by atoms with van der Waals surface area (Å²) in [4.78, 5) is 22.6. The van der Waals surface area contributed by atoms with Crippen molar-refractivity contribution in [1.29, 1.82) is 0 Å². The van der Waals surface area contributed by atoms with Crippen molar-refractivity contribution in [1.82, 2.24) is 5.32 Å². The van der Waals surface area contributed by atoms with E-state index in [-0.39, 0.29) is 23.7 Å². The topological polar surface area (TPSA) is 75.6 Å². The molecule has 0 saturated heterocycles. The van der Waals surface area contributed by atoms with Gasteiger partial charge in [-0.2, -0.15) is 0 Å². The third-order valence-corrected chi connectivity index (χ3v) is 3.54. The molecule has 0 aliphatic rings.